The van der Waals surface area contributed by atoms with E-state index in [9.17, 15) is 4.79 Å². The molecule has 2 saturated carbocycles. The summed E-state index contributed by atoms with van der Waals surface area (Å²) in [6.07, 6.45) is 9.63. The van der Waals surface area contributed by atoms with E-state index in [-0.39, 0.29) is 11.7 Å². The average Bonchev–Trinajstić information content (AvgIpc) is 3.19. The van der Waals surface area contributed by atoms with Gasteiger partial charge in [-0.3, -0.25) is 4.79 Å². The van der Waals surface area contributed by atoms with Gasteiger partial charge in [0, 0.05) is 11.8 Å². The molecule has 1 aromatic rings. The average molecular weight is 276 g/mol. The molecule has 4 heteroatoms. The molecular formula is C16H24N2O2. The van der Waals surface area contributed by atoms with Crippen molar-refractivity contribution >= 4 is 5.78 Å². The van der Waals surface area contributed by atoms with Crippen LogP contribution in [0.25, 0.3) is 0 Å². The molecule has 2 unspecified atom stereocenters. The Hall–Kier alpha value is -1.19. The summed E-state index contributed by atoms with van der Waals surface area (Å²) in [6, 6.07) is 0. The molecule has 2 aliphatic rings. The standard InChI is InChI=1S/C16H24N2O2/c1-2-11-7-8-13(9-11)16-17-15(20-18-16)10-14(19)12-5-3-4-6-12/h11-13H,2-10H2,1H3. The molecule has 1 aromatic heterocycles. The first-order valence-corrected chi connectivity index (χ1v) is 8.11. The van der Waals surface area contributed by atoms with E-state index in [2.05, 4.69) is 17.1 Å². The van der Waals surface area contributed by atoms with E-state index in [1.165, 1.54) is 32.1 Å². The van der Waals surface area contributed by atoms with Crippen molar-refractivity contribution in [3.8, 4) is 0 Å². The summed E-state index contributed by atoms with van der Waals surface area (Å²) < 4.78 is 5.29. The molecule has 0 bridgehead atoms. The Morgan fingerprint density at radius 2 is 2.05 bits per heavy atom. The first kappa shape index (κ1) is 13.8. The van der Waals surface area contributed by atoms with Gasteiger partial charge >= 0.3 is 0 Å². The van der Waals surface area contributed by atoms with Gasteiger partial charge in [-0.05, 0) is 38.0 Å². The van der Waals surface area contributed by atoms with Crippen molar-refractivity contribution in [3.63, 3.8) is 0 Å². The largest absolute Gasteiger partial charge is 0.339 e. The normalized spacial score (nSPS) is 27.2. The maximum atomic E-state index is 12.1. The van der Waals surface area contributed by atoms with E-state index in [0.29, 0.717) is 18.2 Å². The van der Waals surface area contributed by atoms with Gasteiger partial charge in [-0.25, -0.2) is 0 Å². The third-order valence-electron chi connectivity index (χ3n) is 5.10. The molecule has 1 heterocycles. The summed E-state index contributed by atoms with van der Waals surface area (Å²) in [4.78, 5) is 16.6. The minimum absolute atomic E-state index is 0.237. The van der Waals surface area contributed by atoms with Crippen molar-refractivity contribution in [1.29, 1.82) is 0 Å². The lowest BCUT2D eigenvalue weighted by Crippen LogP contribution is -2.13. The molecule has 0 amide bonds. The number of hydrogen-bond donors (Lipinski definition) is 0. The molecule has 0 aliphatic heterocycles. The number of Topliss-reactive ketones (excluding diaryl/α,β-unsaturated/α-hetero) is 1. The van der Waals surface area contributed by atoms with Crippen LogP contribution in [0.15, 0.2) is 4.52 Å². The first-order valence-electron chi connectivity index (χ1n) is 8.11. The second-order valence-corrected chi connectivity index (χ2v) is 6.46. The zero-order valence-electron chi connectivity index (χ0n) is 12.3. The predicted molar refractivity (Wildman–Crippen MR) is 75.3 cm³/mol. The van der Waals surface area contributed by atoms with Gasteiger partial charge in [-0.1, -0.05) is 31.3 Å². The minimum Gasteiger partial charge on any atom is -0.339 e. The van der Waals surface area contributed by atoms with Gasteiger partial charge in [0.2, 0.25) is 5.89 Å². The molecular weight excluding hydrogens is 252 g/mol. The molecule has 3 rings (SSSR count). The molecule has 2 fully saturated rings. The van der Waals surface area contributed by atoms with Gasteiger partial charge in [-0.15, -0.1) is 0 Å². The number of rotatable bonds is 5. The maximum Gasteiger partial charge on any atom is 0.234 e. The van der Waals surface area contributed by atoms with Crippen molar-refractivity contribution in [3.05, 3.63) is 11.7 Å². The van der Waals surface area contributed by atoms with Crippen LogP contribution in [0.5, 0.6) is 0 Å². The molecule has 20 heavy (non-hydrogen) atoms. The molecule has 0 aromatic carbocycles. The Labute approximate surface area is 120 Å². The number of ketones is 1. The van der Waals surface area contributed by atoms with Crippen LogP contribution >= 0.6 is 0 Å². The lowest BCUT2D eigenvalue weighted by molar-refractivity contribution is -0.122. The van der Waals surface area contributed by atoms with Crippen molar-refractivity contribution < 1.29 is 9.32 Å². The fourth-order valence-electron chi connectivity index (χ4n) is 3.73. The zero-order chi connectivity index (χ0) is 13.9. The van der Waals surface area contributed by atoms with Crippen LogP contribution in [-0.2, 0) is 11.2 Å². The second-order valence-electron chi connectivity index (χ2n) is 6.46. The minimum atomic E-state index is 0.237. The Morgan fingerprint density at radius 3 is 2.75 bits per heavy atom. The highest BCUT2D eigenvalue weighted by Gasteiger charge is 2.29. The molecule has 110 valence electrons. The lowest BCUT2D eigenvalue weighted by Gasteiger charge is -2.05. The van der Waals surface area contributed by atoms with Gasteiger partial charge in [0.1, 0.15) is 5.78 Å². The van der Waals surface area contributed by atoms with E-state index >= 15 is 0 Å². The number of carbonyl (C=O) groups excluding carboxylic acids is 1. The fourth-order valence-corrected chi connectivity index (χ4v) is 3.73. The maximum absolute atomic E-state index is 12.1. The van der Waals surface area contributed by atoms with E-state index in [1.807, 2.05) is 0 Å². The SMILES string of the molecule is CCC1CCC(c2noc(CC(=O)C3CCCC3)n2)C1. The van der Waals surface area contributed by atoms with Gasteiger partial charge in [-0.2, -0.15) is 4.98 Å². The van der Waals surface area contributed by atoms with Crippen LogP contribution < -0.4 is 0 Å². The summed E-state index contributed by atoms with van der Waals surface area (Å²) in [7, 11) is 0. The van der Waals surface area contributed by atoms with Crippen LogP contribution in [0, 0.1) is 11.8 Å². The third kappa shape index (κ3) is 2.94. The number of aromatic nitrogens is 2. The van der Waals surface area contributed by atoms with Crippen LogP contribution in [-0.4, -0.2) is 15.9 Å². The van der Waals surface area contributed by atoms with Crippen molar-refractivity contribution in [1.82, 2.24) is 10.1 Å². The van der Waals surface area contributed by atoms with Crippen LogP contribution in [0.3, 0.4) is 0 Å². The van der Waals surface area contributed by atoms with E-state index < -0.39 is 0 Å². The Morgan fingerprint density at radius 1 is 1.25 bits per heavy atom. The number of hydrogen-bond acceptors (Lipinski definition) is 4. The third-order valence-corrected chi connectivity index (χ3v) is 5.10. The molecule has 0 saturated heterocycles. The lowest BCUT2D eigenvalue weighted by atomic mass is 10.0. The van der Waals surface area contributed by atoms with Crippen LogP contribution in [0.4, 0.5) is 0 Å². The zero-order valence-corrected chi connectivity index (χ0v) is 12.3. The first-order chi connectivity index (χ1) is 9.76. The monoisotopic (exact) mass is 276 g/mol. The highest BCUT2D eigenvalue weighted by molar-refractivity contribution is 5.82. The van der Waals surface area contributed by atoms with Crippen molar-refractivity contribution in [2.75, 3.05) is 0 Å². The van der Waals surface area contributed by atoms with Gasteiger partial charge < -0.3 is 4.52 Å². The number of carbonyl (C=O) groups is 1. The molecule has 0 N–H and O–H groups in total. The molecule has 2 aliphatic carbocycles. The quantitative estimate of drug-likeness (QED) is 0.823. The topological polar surface area (TPSA) is 56.0 Å². The number of nitrogens with zero attached hydrogens (tertiary/aromatic N) is 2. The molecule has 0 spiro atoms. The van der Waals surface area contributed by atoms with Gasteiger partial charge in [0.25, 0.3) is 0 Å². The summed E-state index contributed by atoms with van der Waals surface area (Å²) in [5.41, 5.74) is 0. The highest BCUT2D eigenvalue weighted by Crippen LogP contribution is 2.38. The van der Waals surface area contributed by atoms with E-state index in [1.54, 1.807) is 0 Å². The fraction of sp³-hybridized carbons (Fsp3) is 0.812. The molecule has 0 radical (unpaired) electrons. The van der Waals surface area contributed by atoms with Crippen molar-refractivity contribution in [2.24, 2.45) is 11.8 Å². The van der Waals surface area contributed by atoms with Crippen molar-refractivity contribution in [2.45, 2.75) is 70.6 Å². The van der Waals surface area contributed by atoms with Crippen LogP contribution in [0.2, 0.25) is 0 Å². The second kappa shape index (κ2) is 6.06. The molecule has 4 nitrogen and oxygen atoms in total. The Balaban J connectivity index is 1.58. The summed E-state index contributed by atoms with van der Waals surface area (Å²) in [5, 5.41) is 4.11. The van der Waals surface area contributed by atoms with Crippen LogP contribution in [0.1, 0.15) is 75.9 Å². The summed E-state index contributed by atoms with van der Waals surface area (Å²) in [5.74, 6) is 3.13. The molecule has 2 atom stereocenters. The smallest absolute Gasteiger partial charge is 0.234 e. The van der Waals surface area contributed by atoms with Gasteiger partial charge in [0.05, 0.1) is 6.42 Å². The highest BCUT2D eigenvalue weighted by atomic mass is 16.5. The van der Waals surface area contributed by atoms with E-state index in [0.717, 1.165) is 31.0 Å². The summed E-state index contributed by atoms with van der Waals surface area (Å²) in [6.45, 7) is 2.25. The van der Waals surface area contributed by atoms with E-state index in [4.69, 9.17) is 4.52 Å². The Bertz CT molecular complexity index is 463. The summed E-state index contributed by atoms with van der Waals surface area (Å²) >= 11 is 0. The Kier molecular flexibility index (Phi) is 4.18. The predicted octanol–water partition coefficient (Wildman–Crippen LogP) is 3.67. The van der Waals surface area contributed by atoms with Gasteiger partial charge in [0.15, 0.2) is 5.82 Å².